The zero-order valence-corrected chi connectivity index (χ0v) is 15.9. The van der Waals surface area contributed by atoms with Crippen LogP contribution < -0.4 is 0 Å². The molecule has 148 valence electrons. The van der Waals surface area contributed by atoms with Gasteiger partial charge in [0.15, 0.2) is 0 Å². The summed E-state index contributed by atoms with van der Waals surface area (Å²) < 4.78 is 36.9. The van der Waals surface area contributed by atoms with Gasteiger partial charge in [-0.1, -0.05) is 70.4 Å². The number of unbranched alkanes of at least 4 members (excludes halogenated alkanes) is 8. The van der Waals surface area contributed by atoms with E-state index < -0.39 is 19.1 Å². The van der Waals surface area contributed by atoms with Crippen LogP contribution in [0.1, 0.15) is 102 Å². The van der Waals surface area contributed by atoms with Crippen LogP contribution in [0.25, 0.3) is 0 Å². The Bertz CT molecular complexity index is 470. The van der Waals surface area contributed by atoms with Gasteiger partial charge >= 0.3 is 5.97 Å². The molecule has 0 aliphatic rings. The molecule has 1 unspecified atom stereocenters. The number of carbonyl (C=O) groups is 1. The summed E-state index contributed by atoms with van der Waals surface area (Å²) in [5.74, 6) is -0.385. The molecule has 0 aromatic rings. The van der Waals surface area contributed by atoms with Crippen molar-refractivity contribution in [2.45, 2.75) is 103 Å². The second-order valence-electron chi connectivity index (χ2n) is 6.43. The summed E-state index contributed by atoms with van der Waals surface area (Å²) in [7, 11) is 0. The van der Waals surface area contributed by atoms with Gasteiger partial charge in [-0.2, -0.15) is 0 Å². The molecule has 0 rings (SSSR count). The van der Waals surface area contributed by atoms with E-state index in [1.54, 1.807) is 0 Å². The fourth-order valence-corrected chi connectivity index (χ4v) is 2.33. The summed E-state index contributed by atoms with van der Waals surface area (Å²) >= 11 is 0. The van der Waals surface area contributed by atoms with Crippen LogP contribution in [0, 0.1) is 0 Å². The lowest BCUT2D eigenvalue weighted by Gasteiger charge is -2.08. The first-order valence-corrected chi connectivity index (χ1v) is 9.86. The van der Waals surface area contributed by atoms with Crippen molar-refractivity contribution in [1.29, 1.82) is 0 Å². The molecule has 0 aromatic heterocycles. The molecule has 0 aliphatic heterocycles. The highest BCUT2D eigenvalue weighted by atomic mass is 16.5. The third-order valence-corrected chi connectivity index (χ3v) is 3.91. The lowest BCUT2D eigenvalue weighted by Crippen LogP contribution is -2.21. The van der Waals surface area contributed by atoms with Crippen molar-refractivity contribution in [3.05, 3.63) is 12.1 Å². The second-order valence-corrected chi connectivity index (χ2v) is 6.43. The molecule has 0 aromatic carbocycles. The van der Waals surface area contributed by atoms with Gasteiger partial charge in [0.25, 0.3) is 0 Å². The summed E-state index contributed by atoms with van der Waals surface area (Å²) in [6, 6.07) is -0.0876. The third kappa shape index (κ3) is 19.3. The lowest BCUT2D eigenvalue weighted by molar-refractivity contribution is -0.147. The van der Waals surface area contributed by atoms with Gasteiger partial charge in [0.2, 0.25) is 0 Å². The largest absolute Gasteiger partial charge is 0.463 e. The second kappa shape index (κ2) is 19.5. The highest BCUT2D eigenvalue weighted by Crippen LogP contribution is 2.10. The molecule has 2 N–H and O–H groups in total. The maximum absolute atomic E-state index is 11.4. The fraction of sp³-hybridized carbons (Fsp3) is 0.857. The summed E-state index contributed by atoms with van der Waals surface area (Å²) in [5, 5.41) is 17.7. The molecule has 0 spiro atoms. The molecule has 0 heterocycles. The SMILES string of the molecule is [2H]/C(CCCCCCCC(=O)OCC(O)CO)=C(\[2H])C([2H])([2H])CCCCCCC. The van der Waals surface area contributed by atoms with Crippen LogP contribution in [0.15, 0.2) is 12.1 Å². The third-order valence-electron chi connectivity index (χ3n) is 3.91. The Kier molecular flexibility index (Phi) is 13.6. The van der Waals surface area contributed by atoms with Gasteiger partial charge in [0.1, 0.15) is 12.7 Å². The molecule has 25 heavy (non-hydrogen) atoms. The average molecular weight is 361 g/mol. The first-order valence-electron chi connectivity index (χ1n) is 11.9. The Morgan fingerprint density at radius 2 is 1.68 bits per heavy atom. The van der Waals surface area contributed by atoms with Gasteiger partial charge in [-0.15, -0.1) is 0 Å². The van der Waals surface area contributed by atoms with Crippen molar-refractivity contribution in [2.24, 2.45) is 0 Å². The quantitative estimate of drug-likeness (QED) is 0.207. The van der Waals surface area contributed by atoms with Gasteiger partial charge in [0.05, 0.1) is 9.35 Å². The van der Waals surface area contributed by atoms with Crippen LogP contribution in [0.3, 0.4) is 0 Å². The zero-order valence-electron chi connectivity index (χ0n) is 19.9. The van der Waals surface area contributed by atoms with Crippen LogP contribution in [-0.4, -0.2) is 35.5 Å². The van der Waals surface area contributed by atoms with E-state index in [2.05, 4.69) is 6.92 Å². The Balaban J connectivity index is 3.91. The van der Waals surface area contributed by atoms with Crippen LogP contribution in [0.2, 0.25) is 0 Å². The van der Waals surface area contributed by atoms with Crippen LogP contribution in [-0.2, 0) is 9.53 Å². The molecule has 0 aliphatic carbocycles. The molecule has 0 amide bonds. The van der Waals surface area contributed by atoms with Crippen molar-refractivity contribution in [1.82, 2.24) is 0 Å². The van der Waals surface area contributed by atoms with E-state index in [1.807, 2.05) is 0 Å². The molecule has 0 saturated carbocycles. The highest BCUT2D eigenvalue weighted by Gasteiger charge is 2.07. The minimum atomic E-state index is -1.72. The Labute approximate surface area is 160 Å². The maximum atomic E-state index is 11.4. The number of aliphatic hydroxyl groups excluding tert-OH is 2. The molecule has 0 saturated heterocycles. The van der Waals surface area contributed by atoms with E-state index in [1.165, 1.54) is 0 Å². The fourth-order valence-electron chi connectivity index (χ4n) is 2.33. The Morgan fingerprint density at radius 1 is 1.04 bits per heavy atom. The van der Waals surface area contributed by atoms with E-state index in [0.717, 1.165) is 57.8 Å². The number of ether oxygens (including phenoxy) is 1. The lowest BCUT2D eigenvalue weighted by atomic mass is 10.1. The van der Waals surface area contributed by atoms with E-state index in [-0.39, 0.29) is 31.1 Å². The minimum Gasteiger partial charge on any atom is -0.463 e. The predicted molar refractivity (Wildman–Crippen MR) is 104 cm³/mol. The topological polar surface area (TPSA) is 66.8 Å². The minimum absolute atomic E-state index is 0.0922. The number of aliphatic hydroxyl groups is 2. The van der Waals surface area contributed by atoms with E-state index in [4.69, 9.17) is 20.4 Å². The molecule has 4 nitrogen and oxygen atoms in total. The summed E-state index contributed by atoms with van der Waals surface area (Å²) in [5.41, 5.74) is 0. The summed E-state index contributed by atoms with van der Waals surface area (Å²) in [4.78, 5) is 11.4. The van der Waals surface area contributed by atoms with Gasteiger partial charge < -0.3 is 14.9 Å². The van der Waals surface area contributed by atoms with Gasteiger partial charge in [-0.25, -0.2) is 0 Å². The number of hydrogen-bond acceptors (Lipinski definition) is 4. The standard InChI is InChI=1S/C21H40O4/c1-2-3-4-5-6-7-8-9-10-11-12-13-14-15-16-17-21(24)25-19-20(23)18-22/h9-10,20,22-23H,2-8,11-19H2,1H3/b10-9-/i8D2,9D,10D. The number of allylic oxidation sites excluding steroid dienone is 2. The molecule has 4 heteroatoms. The number of rotatable bonds is 18. The Hall–Kier alpha value is -0.870. The zero-order chi connectivity index (χ0) is 22.1. The predicted octanol–water partition coefficient (Wildman–Crippen LogP) is 4.92. The van der Waals surface area contributed by atoms with Crippen molar-refractivity contribution in [2.75, 3.05) is 13.2 Å². The summed E-state index contributed by atoms with van der Waals surface area (Å²) in [6.07, 6.45) is 7.42. The smallest absolute Gasteiger partial charge is 0.305 e. The van der Waals surface area contributed by atoms with Crippen molar-refractivity contribution in [3.63, 3.8) is 0 Å². The van der Waals surface area contributed by atoms with E-state index in [0.29, 0.717) is 19.3 Å². The van der Waals surface area contributed by atoms with Crippen molar-refractivity contribution in [3.8, 4) is 0 Å². The van der Waals surface area contributed by atoms with Gasteiger partial charge in [0, 0.05) is 9.16 Å². The van der Waals surface area contributed by atoms with Crippen LogP contribution in [0.5, 0.6) is 0 Å². The molecule has 0 bridgehead atoms. The molecule has 0 fully saturated rings. The maximum Gasteiger partial charge on any atom is 0.305 e. The summed E-state index contributed by atoms with van der Waals surface area (Å²) in [6.45, 7) is 1.52. The highest BCUT2D eigenvalue weighted by molar-refractivity contribution is 5.69. The van der Waals surface area contributed by atoms with Gasteiger partial charge in [-0.05, 0) is 32.1 Å². The molecule has 1 atom stereocenters. The molecular formula is C21H40O4. The average Bonchev–Trinajstić information content (AvgIpc) is 2.70. The first-order chi connectivity index (χ1) is 13.7. The monoisotopic (exact) mass is 360 g/mol. The van der Waals surface area contributed by atoms with Crippen LogP contribution >= 0.6 is 0 Å². The van der Waals surface area contributed by atoms with Crippen LogP contribution in [0.4, 0.5) is 0 Å². The van der Waals surface area contributed by atoms with Crippen molar-refractivity contribution < 1.29 is 25.2 Å². The normalized spacial score (nSPS) is 16.3. The van der Waals surface area contributed by atoms with E-state index in [9.17, 15) is 4.79 Å². The van der Waals surface area contributed by atoms with E-state index >= 15 is 0 Å². The first kappa shape index (κ1) is 17.5. The van der Waals surface area contributed by atoms with Gasteiger partial charge in [-0.3, -0.25) is 4.79 Å². The van der Waals surface area contributed by atoms with Crippen molar-refractivity contribution >= 4 is 5.97 Å². The molecule has 0 radical (unpaired) electrons. The number of hydrogen-bond donors (Lipinski definition) is 2. The number of carbonyl (C=O) groups excluding carboxylic acids is 1. The molecular weight excluding hydrogens is 316 g/mol. The Morgan fingerprint density at radius 3 is 2.40 bits per heavy atom. The number of esters is 1.